The van der Waals surface area contributed by atoms with Gasteiger partial charge in [-0.3, -0.25) is 14.3 Å². The first-order valence-electron chi connectivity index (χ1n) is 9.13. The van der Waals surface area contributed by atoms with Crippen LogP contribution in [0.5, 0.6) is 0 Å². The zero-order chi connectivity index (χ0) is 17.1. The molecule has 1 aromatic rings. The van der Waals surface area contributed by atoms with Crippen LogP contribution in [0.4, 0.5) is 0 Å². The highest BCUT2D eigenvalue weighted by Crippen LogP contribution is 2.33. The molecule has 0 radical (unpaired) electrons. The number of hydrogen-bond acceptors (Lipinski definition) is 5. The van der Waals surface area contributed by atoms with Crippen LogP contribution in [0.2, 0.25) is 0 Å². The standard InChI is InChI=1S/C17H28N4O3/c1-3-24-15(22)12-20-10-8-13(9-11-20)16-18-19(2)17(23)21(16)14-6-4-5-7-14/h13-14H,3-12H2,1-2H3. The van der Waals surface area contributed by atoms with Crippen molar-refractivity contribution in [1.29, 1.82) is 0 Å². The smallest absolute Gasteiger partial charge is 0.345 e. The Morgan fingerprint density at radius 2 is 1.88 bits per heavy atom. The SMILES string of the molecule is CCOC(=O)CN1CCC(c2nn(C)c(=O)n2C2CCCC2)CC1. The predicted octanol–water partition coefficient (Wildman–Crippen LogP) is 1.44. The molecule has 0 amide bonds. The highest BCUT2D eigenvalue weighted by atomic mass is 16.5. The largest absolute Gasteiger partial charge is 0.465 e. The molecule has 1 aromatic heterocycles. The fourth-order valence-corrected chi connectivity index (χ4v) is 4.02. The second-order valence-electron chi connectivity index (χ2n) is 6.93. The number of rotatable bonds is 5. The number of likely N-dealkylation sites (tertiary alicyclic amines) is 1. The minimum Gasteiger partial charge on any atom is -0.465 e. The highest BCUT2D eigenvalue weighted by Gasteiger charge is 2.30. The third-order valence-corrected chi connectivity index (χ3v) is 5.28. The Hall–Kier alpha value is -1.63. The van der Waals surface area contributed by atoms with Crippen LogP contribution < -0.4 is 5.69 Å². The molecule has 0 aromatic carbocycles. The van der Waals surface area contributed by atoms with Gasteiger partial charge < -0.3 is 4.74 Å². The van der Waals surface area contributed by atoms with Crippen molar-refractivity contribution in [3.05, 3.63) is 16.3 Å². The van der Waals surface area contributed by atoms with Crippen LogP contribution in [0.1, 0.15) is 63.2 Å². The van der Waals surface area contributed by atoms with Crippen molar-refractivity contribution in [3.8, 4) is 0 Å². The molecule has 0 spiro atoms. The summed E-state index contributed by atoms with van der Waals surface area (Å²) in [6.07, 6.45) is 6.43. The normalized spacial score (nSPS) is 20.6. The fraction of sp³-hybridized carbons (Fsp3) is 0.824. The van der Waals surface area contributed by atoms with Gasteiger partial charge in [-0.15, -0.1) is 0 Å². The Bertz CT molecular complexity index is 622. The van der Waals surface area contributed by atoms with E-state index in [0.717, 1.165) is 44.6 Å². The van der Waals surface area contributed by atoms with Crippen molar-refractivity contribution in [3.63, 3.8) is 0 Å². The molecule has 3 rings (SSSR count). The molecule has 7 heteroatoms. The van der Waals surface area contributed by atoms with Gasteiger partial charge in [-0.25, -0.2) is 9.48 Å². The predicted molar refractivity (Wildman–Crippen MR) is 90.0 cm³/mol. The maximum atomic E-state index is 12.5. The van der Waals surface area contributed by atoms with Gasteiger partial charge in [0.15, 0.2) is 0 Å². The molecule has 2 heterocycles. The van der Waals surface area contributed by atoms with Crippen molar-refractivity contribution in [1.82, 2.24) is 19.2 Å². The molecule has 1 aliphatic heterocycles. The summed E-state index contributed by atoms with van der Waals surface area (Å²) in [6.45, 7) is 4.31. The number of carbonyl (C=O) groups excluding carboxylic acids is 1. The monoisotopic (exact) mass is 336 g/mol. The molecule has 2 fully saturated rings. The maximum Gasteiger partial charge on any atom is 0.345 e. The van der Waals surface area contributed by atoms with Crippen LogP contribution in [0.15, 0.2) is 4.79 Å². The van der Waals surface area contributed by atoms with E-state index in [9.17, 15) is 9.59 Å². The van der Waals surface area contributed by atoms with Gasteiger partial charge in [-0.1, -0.05) is 12.8 Å². The summed E-state index contributed by atoms with van der Waals surface area (Å²) in [5, 5.41) is 4.55. The van der Waals surface area contributed by atoms with Crippen LogP contribution in [-0.2, 0) is 16.6 Å². The highest BCUT2D eigenvalue weighted by molar-refractivity contribution is 5.71. The van der Waals surface area contributed by atoms with E-state index in [1.54, 1.807) is 7.05 Å². The van der Waals surface area contributed by atoms with E-state index in [0.29, 0.717) is 25.1 Å². The number of carbonyl (C=O) groups is 1. The molecule has 0 bridgehead atoms. The molecule has 2 aliphatic rings. The van der Waals surface area contributed by atoms with E-state index in [4.69, 9.17) is 4.74 Å². The van der Waals surface area contributed by atoms with Gasteiger partial charge in [0.1, 0.15) is 5.82 Å². The topological polar surface area (TPSA) is 69.4 Å². The van der Waals surface area contributed by atoms with Gasteiger partial charge in [0.25, 0.3) is 0 Å². The minimum atomic E-state index is -0.156. The zero-order valence-corrected chi connectivity index (χ0v) is 14.7. The van der Waals surface area contributed by atoms with Crippen LogP contribution in [0.3, 0.4) is 0 Å². The van der Waals surface area contributed by atoms with Crippen LogP contribution in [0, 0.1) is 0 Å². The van der Waals surface area contributed by atoms with Gasteiger partial charge in [-0.05, 0) is 45.7 Å². The number of piperidine rings is 1. The van der Waals surface area contributed by atoms with Crippen LogP contribution >= 0.6 is 0 Å². The average molecular weight is 336 g/mol. The number of ether oxygens (including phenoxy) is 1. The number of hydrogen-bond donors (Lipinski definition) is 0. The van der Waals surface area contributed by atoms with Crippen molar-refractivity contribution in [2.24, 2.45) is 7.05 Å². The average Bonchev–Trinajstić information content (AvgIpc) is 3.17. The molecule has 24 heavy (non-hydrogen) atoms. The van der Waals surface area contributed by atoms with Crippen LogP contribution in [0.25, 0.3) is 0 Å². The molecule has 1 aliphatic carbocycles. The van der Waals surface area contributed by atoms with Gasteiger partial charge in [-0.2, -0.15) is 5.10 Å². The van der Waals surface area contributed by atoms with E-state index in [1.165, 1.54) is 17.5 Å². The van der Waals surface area contributed by atoms with E-state index < -0.39 is 0 Å². The van der Waals surface area contributed by atoms with Gasteiger partial charge in [0.2, 0.25) is 0 Å². The molecule has 0 atom stereocenters. The molecule has 1 saturated heterocycles. The van der Waals surface area contributed by atoms with Crippen LogP contribution in [-0.4, -0.2) is 51.5 Å². The summed E-state index contributed by atoms with van der Waals surface area (Å²) in [6, 6.07) is 0.318. The zero-order valence-electron chi connectivity index (χ0n) is 14.7. The molecule has 7 nitrogen and oxygen atoms in total. The molecule has 134 valence electrons. The van der Waals surface area contributed by atoms with Gasteiger partial charge in [0, 0.05) is 19.0 Å². The van der Waals surface area contributed by atoms with E-state index >= 15 is 0 Å². The Labute approximate surface area is 142 Å². The number of esters is 1. The Morgan fingerprint density at radius 1 is 1.21 bits per heavy atom. The fourth-order valence-electron chi connectivity index (χ4n) is 4.02. The molecular formula is C17H28N4O3. The lowest BCUT2D eigenvalue weighted by Gasteiger charge is -2.31. The van der Waals surface area contributed by atoms with Gasteiger partial charge >= 0.3 is 11.7 Å². The van der Waals surface area contributed by atoms with Crippen molar-refractivity contribution < 1.29 is 9.53 Å². The second kappa shape index (κ2) is 7.51. The van der Waals surface area contributed by atoms with Crippen molar-refractivity contribution in [2.75, 3.05) is 26.2 Å². The Balaban J connectivity index is 1.67. The van der Waals surface area contributed by atoms with E-state index in [-0.39, 0.29) is 11.7 Å². The molecular weight excluding hydrogens is 308 g/mol. The van der Waals surface area contributed by atoms with E-state index in [2.05, 4.69) is 10.00 Å². The van der Waals surface area contributed by atoms with Crippen molar-refractivity contribution in [2.45, 2.75) is 57.4 Å². The first kappa shape index (κ1) is 17.2. The maximum absolute atomic E-state index is 12.5. The lowest BCUT2D eigenvalue weighted by Crippen LogP contribution is -2.38. The molecule has 0 unspecified atom stereocenters. The summed E-state index contributed by atoms with van der Waals surface area (Å²) in [5.74, 6) is 1.10. The first-order valence-corrected chi connectivity index (χ1v) is 9.13. The number of nitrogens with zero attached hydrogens (tertiary/aromatic N) is 4. The first-order chi connectivity index (χ1) is 11.6. The summed E-state index contributed by atoms with van der Waals surface area (Å²) < 4.78 is 8.46. The van der Waals surface area contributed by atoms with Crippen molar-refractivity contribution >= 4 is 5.97 Å². The Kier molecular flexibility index (Phi) is 5.38. The summed E-state index contributed by atoms with van der Waals surface area (Å²) in [5.41, 5.74) is 0.0193. The third kappa shape index (κ3) is 3.55. The summed E-state index contributed by atoms with van der Waals surface area (Å²) >= 11 is 0. The summed E-state index contributed by atoms with van der Waals surface area (Å²) in [4.78, 5) is 26.2. The lowest BCUT2D eigenvalue weighted by atomic mass is 9.95. The van der Waals surface area contributed by atoms with E-state index in [1.807, 2.05) is 11.5 Å². The summed E-state index contributed by atoms with van der Waals surface area (Å²) in [7, 11) is 1.74. The molecule has 1 saturated carbocycles. The third-order valence-electron chi connectivity index (χ3n) is 5.28. The Morgan fingerprint density at radius 3 is 2.50 bits per heavy atom. The molecule has 0 N–H and O–H groups in total. The minimum absolute atomic E-state index is 0.0193. The van der Waals surface area contributed by atoms with Gasteiger partial charge in [0.05, 0.1) is 13.2 Å². The number of aryl methyl sites for hydroxylation is 1. The second-order valence-corrected chi connectivity index (χ2v) is 6.93. The lowest BCUT2D eigenvalue weighted by molar-refractivity contribution is -0.144. The quantitative estimate of drug-likeness (QED) is 0.761. The number of aromatic nitrogens is 3.